The summed E-state index contributed by atoms with van der Waals surface area (Å²) >= 11 is 17.2. The van der Waals surface area contributed by atoms with Crippen LogP contribution < -0.4 is 5.32 Å². The monoisotopic (exact) mass is 403 g/mol. The quantitative estimate of drug-likeness (QED) is 0.407. The van der Waals surface area contributed by atoms with Gasteiger partial charge in [-0.05, 0) is 12.1 Å². The van der Waals surface area contributed by atoms with Gasteiger partial charge in [-0.15, -0.1) is 0 Å². The summed E-state index contributed by atoms with van der Waals surface area (Å²) in [4.78, 5) is 11.8. The Morgan fingerprint density at radius 1 is 0.792 bits per heavy atom. The topological polar surface area (TPSA) is 29.1 Å². The highest BCUT2D eigenvalue weighted by atomic mass is 35.5. The van der Waals surface area contributed by atoms with Gasteiger partial charge < -0.3 is 5.32 Å². The predicted molar refractivity (Wildman–Crippen MR) is 80.0 cm³/mol. The van der Waals surface area contributed by atoms with E-state index in [9.17, 15) is 26.7 Å². The lowest BCUT2D eigenvalue weighted by Gasteiger charge is -2.11. The number of rotatable bonds is 3. The number of hydrogen-bond acceptors (Lipinski definition) is 1. The summed E-state index contributed by atoms with van der Waals surface area (Å²) in [5, 5.41) is 2.25. The Balaban J connectivity index is 2.30. The van der Waals surface area contributed by atoms with Gasteiger partial charge in [0, 0.05) is 5.56 Å². The van der Waals surface area contributed by atoms with E-state index in [1.165, 1.54) is 12.1 Å². The van der Waals surface area contributed by atoms with Crippen LogP contribution in [0.15, 0.2) is 12.1 Å². The normalized spacial score (nSPS) is 10.8. The van der Waals surface area contributed by atoms with Gasteiger partial charge in [0.15, 0.2) is 23.3 Å². The molecule has 0 fully saturated rings. The van der Waals surface area contributed by atoms with Gasteiger partial charge in [0.2, 0.25) is 11.7 Å². The van der Waals surface area contributed by atoms with Crippen LogP contribution >= 0.6 is 34.8 Å². The molecule has 10 heteroatoms. The number of hydrogen-bond donors (Lipinski definition) is 1. The lowest BCUT2D eigenvalue weighted by Crippen LogP contribution is -2.18. The average molecular weight is 405 g/mol. The van der Waals surface area contributed by atoms with E-state index in [1.54, 1.807) is 0 Å². The lowest BCUT2D eigenvalue weighted by atomic mass is 10.1. The molecule has 128 valence electrons. The van der Waals surface area contributed by atoms with Crippen molar-refractivity contribution in [2.24, 2.45) is 0 Å². The Labute approximate surface area is 147 Å². The molecule has 1 N–H and O–H groups in total. The highest BCUT2D eigenvalue weighted by Crippen LogP contribution is 2.32. The van der Waals surface area contributed by atoms with E-state index in [0.29, 0.717) is 0 Å². The molecule has 2 nitrogen and oxygen atoms in total. The fourth-order valence-electron chi connectivity index (χ4n) is 1.78. The summed E-state index contributed by atoms with van der Waals surface area (Å²) in [6, 6.07) is 2.38. The Morgan fingerprint density at radius 3 is 1.79 bits per heavy atom. The van der Waals surface area contributed by atoms with Crippen molar-refractivity contribution in [2.45, 2.75) is 6.42 Å². The summed E-state index contributed by atoms with van der Waals surface area (Å²) in [7, 11) is 0. The minimum absolute atomic E-state index is 0.0323. The Kier molecular flexibility index (Phi) is 5.57. The molecular weight excluding hydrogens is 400 g/mol. The van der Waals surface area contributed by atoms with Crippen LogP contribution in [-0.2, 0) is 11.2 Å². The van der Waals surface area contributed by atoms with E-state index in [1.807, 2.05) is 0 Å². The van der Waals surface area contributed by atoms with Gasteiger partial charge in [-0.25, -0.2) is 22.0 Å². The van der Waals surface area contributed by atoms with Crippen LogP contribution in [0.1, 0.15) is 5.56 Å². The zero-order valence-electron chi connectivity index (χ0n) is 11.3. The summed E-state index contributed by atoms with van der Waals surface area (Å²) in [6.07, 6.45) is -1.11. The molecule has 0 aliphatic carbocycles. The summed E-state index contributed by atoms with van der Waals surface area (Å²) in [5.74, 6) is -11.8. The van der Waals surface area contributed by atoms with Crippen LogP contribution in [0.3, 0.4) is 0 Å². The number of carbonyl (C=O) groups is 1. The first kappa shape index (κ1) is 18.8. The number of amides is 1. The van der Waals surface area contributed by atoms with Crippen molar-refractivity contribution in [3.63, 3.8) is 0 Å². The second-order valence-electron chi connectivity index (χ2n) is 4.52. The largest absolute Gasteiger partial charge is 0.324 e. The maximum atomic E-state index is 13.5. The molecule has 0 atom stereocenters. The van der Waals surface area contributed by atoms with Crippen molar-refractivity contribution in [3.05, 3.63) is 61.9 Å². The highest BCUT2D eigenvalue weighted by Gasteiger charge is 2.27. The molecule has 0 radical (unpaired) electrons. The molecule has 0 heterocycles. The second kappa shape index (κ2) is 7.13. The smallest absolute Gasteiger partial charge is 0.229 e. The van der Waals surface area contributed by atoms with Crippen molar-refractivity contribution in [1.29, 1.82) is 0 Å². The molecule has 2 aromatic carbocycles. The Bertz CT molecular complexity index is 815. The molecule has 0 aliphatic rings. The third-order valence-corrected chi connectivity index (χ3v) is 3.96. The van der Waals surface area contributed by atoms with Crippen LogP contribution in [0, 0.1) is 29.1 Å². The molecule has 0 aromatic heterocycles. The lowest BCUT2D eigenvalue weighted by molar-refractivity contribution is -0.115. The minimum atomic E-state index is -2.30. The third kappa shape index (κ3) is 3.58. The maximum absolute atomic E-state index is 13.5. The molecule has 0 saturated carbocycles. The molecule has 0 saturated heterocycles. The van der Waals surface area contributed by atoms with Gasteiger partial charge in [-0.2, -0.15) is 0 Å². The van der Waals surface area contributed by atoms with E-state index in [2.05, 4.69) is 5.32 Å². The second-order valence-corrected chi connectivity index (χ2v) is 5.74. The van der Waals surface area contributed by atoms with Crippen molar-refractivity contribution < 1.29 is 26.7 Å². The van der Waals surface area contributed by atoms with Crippen LogP contribution in [-0.4, -0.2) is 5.91 Å². The number of carbonyl (C=O) groups excluding carboxylic acids is 1. The first-order valence-corrected chi connectivity index (χ1v) is 7.21. The first-order valence-electron chi connectivity index (χ1n) is 6.08. The molecule has 0 spiro atoms. The number of nitrogens with one attached hydrogen (secondary N) is 1. The molecule has 24 heavy (non-hydrogen) atoms. The van der Waals surface area contributed by atoms with Crippen molar-refractivity contribution >= 4 is 46.4 Å². The fraction of sp³-hybridized carbons (Fsp3) is 0.0714. The van der Waals surface area contributed by atoms with E-state index >= 15 is 0 Å². The highest BCUT2D eigenvalue weighted by molar-refractivity contribution is 6.44. The van der Waals surface area contributed by atoms with Crippen molar-refractivity contribution in [2.75, 3.05) is 5.32 Å². The van der Waals surface area contributed by atoms with Crippen LogP contribution in [0.5, 0.6) is 0 Å². The third-order valence-electron chi connectivity index (χ3n) is 2.92. The molecule has 2 rings (SSSR count). The van der Waals surface area contributed by atoms with Gasteiger partial charge in [0.1, 0.15) is 0 Å². The van der Waals surface area contributed by atoms with Crippen LogP contribution in [0.4, 0.5) is 27.6 Å². The van der Waals surface area contributed by atoms with Gasteiger partial charge >= 0.3 is 0 Å². The van der Waals surface area contributed by atoms with Gasteiger partial charge in [0.25, 0.3) is 0 Å². The summed E-state index contributed by atoms with van der Waals surface area (Å²) < 4.78 is 66.2. The predicted octanol–water partition coefficient (Wildman–Crippen LogP) is 5.52. The van der Waals surface area contributed by atoms with Crippen molar-refractivity contribution in [3.8, 4) is 0 Å². The summed E-state index contributed by atoms with van der Waals surface area (Å²) in [5.41, 5.74) is -1.31. The number of anilines is 1. The van der Waals surface area contributed by atoms with E-state index in [0.717, 1.165) is 0 Å². The molecule has 0 bridgehead atoms. The number of halogens is 8. The van der Waals surface area contributed by atoms with Gasteiger partial charge in [0.05, 0.1) is 27.2 Å². The summed E-state index contributed by atoms with van der Waals surface area (Å²) in [6.45, 7) is 0. The fourth-order valence-corrected chi connectivity index (χ4v) is 2.37. The molecule has 0 aliphatic heterocycles. The van der Waals surface area contributed by atoms with E-state index in [4.69, 9.17) is 34.8 Å². The SMILES string of the molecule is O=C(Cc1c(F)c(F)c(F)c(F)c1F)Nc1cc(Cl)c(Cl)cc1Cl. The molecule has 1 amide bonds. The van der Waals surface area contributed by atoms with Crippen molar-refractivity contribution in [1.82, 2.24) is 0 Å². The molecular formula is C14H5Cl3F5NO. The molecule has 2 aromatic rings. The van der Waals surface area contributed by atoms with Crippen LogP contribution in [0.25, 0.3) is 0 Å². The molecule has 0 unspecified atom stereocenters. The van der Waals surface area contributed by atoms with Gasteiger partial charge in [-0.3, -0.25) is 4.79 Å². The standard InChI is InChI=1S/C14H5Cl3F5NO/c15-5-2-7(17)8(3-6(5)16)23-9(24)1-4-10(18)12(20)14(22)13(21)11(4)19/h2-3H,1H2,(H,23,24). The zero-order chi connectivity index (χ0) is 18.2. The van der Waals surface area contributed by atoms with Gasteiger partial charge in [-0.1, -0.05) is 34.8 Å². The Morgan fingerprint density at radius 2 is 1.25 bits per heavy atom. The van der Waals surface area contributed by atoms with Crippen LogP contribution in [0.2, 0.25) is 15.1 Å². The first-order chi connectivity index (χ1) is 11.1. The Hall–Kier alpha value is -1.57. The zero-order valence-corrected chi connectivity index (χ0v) is 13.6. The number of benzene rings is 2. The van der Waals surface area contributed by atoms with E-state index in [-0.39, 0.29) is 20.8 Å². The minimum Gasteiger partial charge on any atom is -0.324 e. The van der Waals surface area contributed by atoms with E-state index < -0.39 is 47.0 Å². The maximum Gasteiger partial charge on any atom is 0.229 e. The average Bonchev–Trinajstić information content (AvgIpc) is 2.53.